The Labute approximate surface area is 75.4 Å². The summed E-state index contributed by atoms with van der Waals surface area (Å²) in [7, 11) is 0. The maximum absolute atomic E-state index is 2.12. The molecule has 9 heavy (non-hydrogen) atoms. The molecule has 46 valence electrons. The monoisotopic (exact) mass is 196 g/mol. The molecule has 0 atom stereocenters. The zero-order valence-electron chi connectivity index (χ0n) is 5.81. The van der Waals surface area contributed by atoms with Gasteiger partial charge < -0.3 is 0 Å². The van der Waals surface area contributed by atoms with E-state index in [2.05, 4.69) is 38.1 Å². The summed E-state index contributed by atoms with van der Waals surface area (Å²) in [6.07, 6.45) is 0. The second kappa shape index (κ2) is 4.01. The third-order valence-electron chi connectivity index (χ3n) is 1.43. The van der Waals surface area contributed by atoms with E-state index >= 15 is 0 Å². The molecule has 0 fully saturated rings. The molecule has 0 radical (unpaired) electrons. The topological polar surface area (TPSA) is 0 Å². The van der Waals surface area contributed by atoms with Crippen LogP contribution >= 0.6 is 0 Å². The molecule has 0 aliphatic carbocycles. The maximum atomic E-state index is 2.12. The molecule has 1 aromatic carbocycles. The van der Waals surface area contributed by atoms with Crippen molar-refractivity contribution in [1.29, 1.82) is 0 Å². The standard InChI is InChI=1S/C8H10.Zr/c1-7-5-3-4-6-8(7)2;/h3-6H,1-2H3;. The summed E-state index contributed by atoms with van der Waals surface area (Å²) >= 11 is 0. The summed E-state index contributed by atoms with van der Waals surface area (Å²) in [5.74, 6) is 0. The van der Waals surface area contributed by atoms with E-state index in [1.165, 1.54) is 11.1 Å². The quantitative estimate of drug-likeness (QED) is 0.599. The van der Waals surface area contributed by atoms with Gasteiger partial charge in [0.15, 0.2) is 0 Å². The number of hydrogen-bond acceptors (Lipinski definition) is 0. The predicted octanol–water partition coefficient (Wildman–Crippen LogP) is 2.30. The minimum absolute atomic E-state index is 0. The molecule has 0 nitrogen and oxygen atoms in total. The maximum Gasteiger partial charge on any atom is 0 e. The van der Waals surface area contributed by atoms with Crippen molar-refractivity contribution < 1.29 is 26.2 Å². The van der Waals surface area contributed by atoms with Crippen LogP contribution in [0.2, 0.25) is 0 Å². The molecule has 1 heteroatoms. The first-order valence-corrected chi connectivity index (χ1v) is 2.83. The first-order chi connectivity index (χ1) is 3.80. The average Bonchev–Trinajstić information content (AvgIpc) is 1.77. The Morgan fingerprint density at radius 3 is 1.44 bits per heavy atom. The Bertz CT molecular complexity index is 161. The third-order valence-corrected chi connectivity index (χ3v) is 1.43. The summed E-state index contributed by atoms with van der Waals surface area (Å²) in [5.41, 5.74) is 2.74. The van der Waals surface area contributed by atoms with Gasteiger partial charge in [-0.3, -0.25) is 0 Å². The normalized spacial score (nSPS) is 8.22. The number of aryl methyl sites for hydroxylation is 2. The van der Waals surface area contributed by atoms with Crippen molar-refractivity contribution in [2.24, 2.45) is 0 Å². The van der Waals surface area contributed by atoms with E-state index in [0.717, 1.165) is 0 Å². The molecule has 1 rings (SSSR count). The molecule has 1 aromatic rings. The fraction of sp³-hybridized carbons (Fsp3) is 0.250. The van der Waals surface area contributed by atoms with Crippen molar-refractivity contribution in [1.82, 2.24) is 0 Å². The Balaban J connectivity index is 0.000000640. The molecule has 0 unspecified atom stereocenters. The Kier molecular flexibility index (Phi) is 4.05. The molecule has 0 heterocycles. The SMILES string of the molecule is Cc1ccccc1C.[Zr]. The van der Waals surface area contributed by atoms with E-state index in [0.29, 0.717) is 0 Å². The first kappa shape index (κ1) is 9.10. The Morgan fingerprint density at radius 1 is 0.889 bits per heavy atom. The molecular formula is C8H10Zr. The fourth-order valence-electron chi connectivity index (χ4n) is 0.663. The minimum Gasteiger partial charge on any atom is -0.0620 e. The van der Waals surface area contributed by atoms with Crippen molar-refractivity contribution in [3.8, 4) is 0 Å². The van der Waals surface area contributed by atoms with Gasteiger partial charge in [0.05, 0.1) is 0 Å². The van der Waals surface area contributed by atoms with Crippen molar-refractivity contribution in [3.63, 3.8) is 0 Å². The van der Waals surface area contributed by atoms with E-state index in [4.69, 9.17) is 0 Å². The van der Waals surface area contributed by atoms with Crippen molar-refractivity contribution in [3.05, 3.63) is 35.4 Å². The molecule has 0 bridgehead atoms. The summed E-state index contributed by atoms with van der Waals surface area (Å²) in [6, 6.07) is 8.36. The minimum atomic E-state index is 0. The predicted molar refractivity (Wildman–Crippen MR) is 35.9 cm³/mol. The molecule has 0 saturated carbocycles. The van der Waals surface area contributed by atoms with Gasteiger partial charge in [0.2, 0.25) is 0 Å². The third kappa shape index (κ3) is 2.45. The number of benzene rings is 1. The second-order valence-corrected chi connectivity index (χ2v) is 2.08. The Morgan fingerprint density at radius 2 is 1.22 bits per heavy atom. The van der Waals surface area contributed by atoms with Crippen LogP contribution in [0.25, 0.3) is 0 Å². The van der Waals surface area contributed by atoms with Crippen LogP contribution in [0.1, 0.15) is 11.1 Å². The molecular weight excluding hydrogens is 187 g/mol. The molecule has 0 N–H and O–H groups in total. The van der Waals surface area contributed by atoms with Gasteiger partial charge in [-0.15, -0.1) is 0 Å². The van der Waals surface area contributed by atoms with Crippen molar-refractivity contribution in [2.45, 2.75) is 13.8 Å². The van der Waals surface area contributed by atoms with Gasteiger partial charge in [-0.2, -0.15) is 0 Å². The van der Waals surface area contributed by atoms with E-state index in [9.17, 15) is 0 Å². The molecule has 0 spiro atoms. The van der Waals surface area contributed by atoms with Gasteiger partial charge in [-0.1, -0.05) is 24.3 Å². The van der Waals surface area contributed by atoms with E-state index in [-0.39, 0.29) is 26.2 Å². The molecule has 0 aliphatic rings. The molecule has 0 amide bonds. The van der Waals surface area contributed by atoms with Crippen LogP contribution in [-0.2, 0) is 26.2 Å². The van der Waals surface area contributed by atoms with Crippen molar-refractivity contribution >= 4 is 0 Å². The van der Waals surface area contributed by atoms with Crippen LogP contribution < -0.4 is 0 Å². The van der Waals surface area contributed by atoms with E-state index in [1.807, 2.05) is 0 Å². The zero-order chi connectivity index (χ0) is 5.98. The molecule has 0 saturated heterocycles. The van der Waals surface area contributed by atoms with Crippen LogP contribution in [-0.4, -0.2) is 0 Å². The van der Waals surface area contributed by atoms with Gasteiger partial charge in [0.1, 0.15) is 0 Å². The summed E-state index contributed by atoms with van der Waals surface area (Å²) in [6.45, 7) is 4.24. The Hall–Kier alpha value is 0.103. The van der Waals surface area contributed by atoms with Crippen LogP contribution in [0, 0.1) is 13.8 Å². The van der Waals surface area contributed by atoms with Crippen LogP contribution in [0.5, 0.6) is 0 Å². The van der Waals surface area contributed by atoms with Gasteiger partial charge in [0, 0.05) is 26.2 Å². The number of rotatable bonds is 0. The second-order valence-electron chi connectivity index (χ2n) is 2.08. The largest absolute Gasteiger partial charge is 0.0620 e. The summed E-state index contributed by atoms with van der Waals surface area (Å²) in [5, 5.41) is 0. The van der Waals surface area contributed by atoms with E-state index < -0.39 is 0 Å². The molecule has 0 aliphatic heterocycles. The zero-order valence-corrected chi connectivity index (χ0v) is 8.27. The van der Waals surface area contributed by atoms with Gasteiger partial charge in [-0.05, 0) is 25.0 Å². The summed E-state index contributed by atoms with van der Waals surface area (Å²) in [4.78, 5) is 0. The number of hydrogen-bond donors (Lipinski definition) is 0. The summed E-state index contributed by atoms with van der Waals surface area (Å²) < 4.78 is 0. The van der Waals surface area contributed by atoms with E-state index in [1.54, 1.807) is 0 Å². The van der Waals surface area contributed by atoms with Gasteiger partial charge in [-0.25, -0.2) is 0 Å². The smallest absolute Gasteiger partial charge is 0 e. The van der Waals surface area contributed by atoms with Crippen LogP contribution in [0.15, 0.2) is 24.3 Å². The van der Waals surface area contributed by atoms with Crippen LogP contribution in [0.4, 0.5) is 0 Å². The van der Waals surface area contributed by atoms with Gasteiger partial charge in [0.25, 0.3) is 0 Å². The average molecular weight is 197 g/mol. The van der Waals surface area contributed by atoms with Gasteiger partial charge >= 0.3 is 0 Å². The first-order valence-electron chi connectivity index (χ1n) is 2.83. The fourth-order valence-corrected chi connectivity index (χ4v) is 0.663. The van der Waals surface area contributed by atoms with Crippen molar-refractivity contribution in [2.75, 3.05) is 0 Å². The molecule has 0 aromatic heterocycles. The van der Waals surface area contributed by atoms with Crippen LogP contribution in [0.3, 0.4) is 0 Å².